The Morgan fingerprint density at radius 1 is 0.587 bits per heavy atom. The maximum atomic E-state index is 5.05. The van der Waals surface area contributed by atoms with Crippen LogP contribution in [-0.2, 0) is 11.8 Å². The fourth-order valence-electron chi connectivity index (χ4n) is 7.04. The highest BCUT2D eigenvalue weighted by Gasteiger charge is 2.22. The summed E-state index contributed by atoms with van der Waals surface area (Å²) in [6, 6.07) is 46.3. The monoisotopic (exact) mass is 592 g/mol. The number of fused-ring (bicyclic) bond motifs is 3. The smallest absolute Gasteiger partial charge is 0.0889 e. The molecule has 0 amide bonds. The van der Waals surface area contributed by atoms with Gasteiger partial charge in [-0.3, -0.25) is 9.97 Å². The molecule has 2 aromatic heterocycles. The first-order chi connectivity index (χ1) is 22.4. The maximum absolute atomic E-state index is 5.05. The summed E-state index contributed by atoms with van der Waals surface area (Å²) in [5.41, 5.74) is 12.1. The van der Waals surface area contributed by atoms with Crippen molar-refractivity contribution in [1.29, 1.82) is 0 Å². The van der Waals surface area contributed by atoms with Gasteiger partial charge in [0.2, 0.25) is 0 Å². The predicted octanol–water partition coefficient (Wildman–Crippen LogP) is 11.4. The fourth-order valence-corrected chi connectivity index (χ4v) is 7.04. The van der Waals surface area contributed by atoms with Crippen molar-refractivity contribution >= 4 is 27.6 Å². The molecule has 8 rings (SSSR count). The number of nitrogens with zero attached hydrogens (tertiary/aromatic N) is 2. The average molecular weight is 593 g/mol. The number of pyridine rings is 2. The number of allylic oxidation sites excluding steroid dienone is 1. The van der Waals surface area contributed by atoms with Crippen LogP contribution in [0.25, 0.3) is 61.3 Å². The molecule has 0 fully saturated rings. The van der Waals surface area contributed by atoms with Crippen molar-refractivity contribution in [2.45, 2.75) is 38.5 Å². The van der Waals surface area contributed by atoms with Crippen LogP contribution >= 0.6 is 0 Å². The Hall–Kier alpha value is -5.34. The lowest BCUT2D eigenvalue weighted by Gasteiger charge is -2.23. The summed E-state index contributed by atoms with van der Waals surface area (Å²) in [6.07, 6.45) is 7.30. The van der Waals surface area contributed by atoms with E-state index < -0.39 is 0 Å². The first kappa shape index (κ1) is 28.2. The second-order valence-corrected chi connectivity index (χ2v) is 13.4. The summed E-state index contributed by atoms with van der Waals surface area (Å²) in [4.78, 5) is 9.57. The molecule has 0 aliphatic heterocycles. The second kappa shape index (κ2) is 11.2. The van der Waals surface area contributed by atoms with Crippen LogP contribution in [0.4, 0.5) is 0 Å². The zero-order chi connectivity index (χ0) is 31.3. The molecule has 1 aliphatic carbocycles. The number of benzene rings is 5. The van der Waals surface area contributed by atoms with Gasteiger partial charge < -0.3 is 0 Å². The minimum Gasteiger partial charge on any atom is -0.255 e. The molecule has 46 heavy (non-hydrogen) atoms. The lowest BCUT2D eigenvalue weighted by atomic mass is 9.81. The zero-order valence-corrected chi connectivity index (χ0v) is 26.5. The van der Waals surface area contributed by atoms with Gasteiger partial charge in [0.05, 0.1) is 11.4 Å². The topological polar surface area (TPSA) is 25.8 Å². The Morgan fingerprint density at radius 3 is 1.87 bits per heavy atom. The van der Waals surface area contributed by atoms with Crippen LogP contribution in [0, 0.1) is 0 Å². The molecule has 7 aromatic rings. The standard InChI is InChI=1S/C44H36N2/c1-44(2,3)34-13-10-12-31(28-34)42-35-14-4-6-16-37(35)43(38-17-7-5-15-36(38)42)32-24-22-29-21-23-30(26-33(29)27-32)39-19-11-20-41(46-39)40-18-8-9-25-45-40/h4-25,27-28,30H,26H2,1-3H3. The van der Waals surface area contributed by atoms with Gasteiger partial charge in [0.1, 0.15) is 0 Å². The third-order valence-corrected chi connectivity index (χ3v) is 9.41. The number of hydrogen-bond acceptors (Lipinski definition) is 2. The summed E-state index contributed by atoms with van der Waals surface area (Å²) in [7, 11) is 0. The first-order valence-electron chi connectivity index (χ1n) is 16.2. The van der Waals surface area contributed by atoms with Crippen molar-refractivity contribution < 1.29 is 0 Å². The van der Waals surface area contributed by atoms with Gasteiger partial charge in [0.15, 0.2) is 0 Å². The van der Waals surface area contributed by atoms with E-state index in [0.29, 0.717) is 0 Å². The van der Waals surface area contributed by atoms with E-state index in [1.807, 2.05) is 30.5 Å². The zero-order valence-electron chi connectivity index (χ0n) is 26.5. The molecule has 0 N–H and O–H groups in total. The number of rotatable bonds is 4. The highest BCUT2D eigenvalue weighted by Crippen LogP contribution is 2.45. The molecule has 1 atom stereocenters. The fraction of sp³-hybridized carbons (Fsp3) is 0.136. The Bertz CT molecular complexity index is 2210. The van der Waals surface area contributed by atoms with Gasteiger partial charge >= 0.3 is 0 Å². The van der Waals surface area contributed by atoms with Gasteiger partial charge in [0, 0.05) is 17.8 Å². The minimum absolute atomic E-state index is 0.0757. The van der Waals surface area contributed by atoms with Crippen molar-refractivity contribution in [3.8, 4) is 33.6 Å². The second-order valence-electron chi connectivity index (χ2n) is 13.4. The molecule has 1 aliphatic rings. The molecule has 5 aromatic carbocycles. The van der Waals surface area contributed by atoms with Crippen LogP contribution in [0.5, 0.6) is 0 Å². The molecule has 0 spiro atoms. The van der Waals surface area contributed by atoms with Crippen molar-refractivity contribution in [3.05, 3.63) is 162 Å². The molecule has 0 saturated heterocycles. The highest BCUT2D eigenvalue weighted by molar-refractivity contribution is 6.21. The Kier molecular flexibility index (Phi) is 6.87. The van der Waals surface area contributed by atoms with E-state index in [-0.39, 0.29) is 11.3 Å². The normalized spacial score (nSPS) is 14.5. The number of aromatic nitrogens is 2. The third-order valence-electron chi connectivity index (χ3n) is 9.41. The van der Waals surface area contributed by atoms with Gasteiger partial charge in [-0.05, 0) is 96.6 Å². The SMILES string of the molecule is CC(C)(C)c1cccc(-c2c3ccccc3c(-c3ccc4c(c3)CC(c3cccc(-c5ccccn5)n3)C=C4)c3ccccc23)c1. The van der Waals surface area contributed by atoms with Crippen molar-refractivity contribution in [2.24, 2.45) is 0 Å². The van der Waals surface area contributed by atoms with E-state index in [2.05, 4.69) is 141 Å². The van der Waals surface area contributed by atoms with E-state index >= 15 is 0 Å². The first-order valence-corrected chi connectivity index (χ1v) is 16.2. The van der Waals surface area contributed by atoms with Gasteiger partial charge in [-0.15, -0.1) is 0 Å². The number of hydrogen-bond donors (Lipinski definition) is 0. The van der Waals surface area contributed by atoms with E-state index in [9.17, 15) is 0 Å². The maximum Gasteiger partial charge on any atom is 0.0889 e. The van der Waals surface area contributed by atoms with Gasteiger partial charge in [-0.25, -0.2) is 0 Å². The predicted molar refractivity (Wildman–Crippen MR) is 194 cm³/mol. The van der Waals surface area contributed by atoms with Crippen molar-refractivity contribution in [1.82, 2.24) is 9.97 Å². The average Bonchev–Trinajstić information content (AvgIpc) is 3.10. The van der Waals surface area contributed by atoms with Crippen molar-refractivity contribution in [3.63, 3.8) is 0 Å². The quantitative estimate of drug-likeness (QED) is 0.190. The Balaban J connectivity index is 1.25. The van der Waals surface area contributed by atoms with Crippen molar-refractivity contribution in [2.75, 3.05) is 0 Å². The summed E-state index contributed by atoms with van der Waals surface area (Å²) in [5, 5.41) is 5.14. The van der Waals surface area contributed by atoms with Crippen LogP contribution in [-0.4, -0.2) is 9.97 Å². The minimum atomic E-state index is 0.0757. The molecule has 0 saturated carbocycles. The molecule has 2 heteroatoms. The molecular weight excluding hydrogens is 556 g/mol. The van der Waals surface area contributed by atoms with E-state index in [1.54, 1.807) is 0 Å². The molecule has 2 nitrogen and oxygen atoms in total. The Morgan fingerprint density at radius 2 is 1.22 bits per heavy atom. The third kappa shape index (κ3) is 5.01. The summed E-state index contributed by atoms with van der Waals surface area (Å²) < 4.78 is 0. The van der Waals surface area contributed by atoms with E-state index in [4.69, 9.17) is 4.98 Å². The van der Waals surface area contributed by atoms with Crippen LogP contribution in [0.3, 0.4) is 0 Å². The van der Waals surface area contributed by atoms with E-state index in [0.717, 1.165) is 23.5 Å². The summed E-state index contributed by atoms with van der Waals surface area (Å²) >= 11 is 0. The molecule has 0 radical (unpaired) electrons. The lowest BCUT2D eigenvalue weighted by molar-refractivity contribution is 0.590. The van der Waals surface area contributed by atoms with Crippen LogP contribution in [0.15, 0.2) is 140 Å². The van der Waals surface area contributed by atoms with Crippen LogP contribution in [0.2, 0.25) is 0 Å². The molecule has 222 valence electrons. The van der Waals surface area contributed by atoms with E-state index in [1.165, 1.54) is 60.5 Å². The van der Waals surface area contributed by atoms with Crippen LogP contribution in [0.1, 0.15) is 49.1 Å². The highest BCUT2D eigenvalue weighted by atomic mass is 14.8. The molecule has 2 heterocycles. The Labute approximate surface area is 271 Å². The van der Waals surface area contributed by atoms with Crippen LogP contribution < -0.4 is 0 Å². The largest absolute Gasteiger partial charge is 0.255 e. The summed E-state index contributed by atoms with van der Waals surface area (Å²) in [6.45, 7) is 6.86. The van der Waals surface area contributed by atoms with Gasteiger partial charge in [0.25, 0.3) is 0 Å². The molecule has 1 unspecified atom stereocenters. The molecular formula is C44H36N2. The van der Waals surface area contributed by atoms with Gasteiger partial charge in [-0.2, -0.15) is 0 Å². The molecule has 0 bridgehead atoms. The summed E-state index contributed by atoms with van der Waals surface area (Å²) in [5.74, 6) is 0.206. The van der Waals surface area contributed by atoms with Gasteiger partial charge in [-0.1, -0.05) is 136 Å². The lowest BCUT2D eigenvalue weighted by Crippen LogP contribution is -2.10.